The number of fused-ring (bicyclic) bond motifs is 1. The van der Waals surface area contributed by atoms with E-state index in [9.17, 15) is 0 Å². The van der Waals surface area contributed by atoms with Crippen LogP contribution in [0.2, 0.25) is 0 Å². The fourth-order valence-electron chi connectivity index (χ4n) is 3.26. The Labute approximate surface area is 199 Å². The molecule has 1 heterocycles. The van der Waals surface area contributed by atoms with Crippen molar-refractivity contribution < 1.29 is 9.47 Å². The molecule has 1 aromatic heterocycles. The zero-order valence-corrected chi connectivity index (χ0v) is 22.7. The first-order valence-electron chi connectivity index (χ1n) is 11.1. The summed E-state index contributed by atoms with van der Waals surface area (Å²) < 4.78 is 23.3. The fourth-order valence-corrected chi connectivity index (χ4v) is 6.11. The minimum absolute atomic E-state index is 0.0954. The van der Waals surface area contributed by atoms with Gasteiger partial charge in [0.05, 0.1) is 0 Å². The van der Waals surface area contributed by atoms with Gasteiger partial charge in [-0.15, -0.1) is 0 Å². The van der Waals surface area contributed by atoms with E-state index in [1.165, 1.54) is 64.2 Å². The van der Waals surface area contributed by atoms with Crippen molar-refractivity contribution in [3.63, 3.8) is 0 Å². The molecule has 29 heavy (non-hydrogen) atoms. The summed E-state index contributed by atoms with van der Waals surface area (Å²) >= 11 is 7.31. The maximum absolute atomic E-state index is 6.19. The first kappa shape index (κ1) is 25.2. The number of nitrogens with zero attached hydrogens (tertiary/aromatic N) is 2. The molecular weight excluding hydrogens is 563 g/mol. The number of ether oxygens (including phenoxy) is 2. The van der Waals surface area contributed by atoms with E-state index in [0.717, 1.165) is 44.3 Å². The Hall–Kier alpha value is -0.101. The van der Waals surface area contributed by atoms with E-state index in [1.54, 1.807) is 0 Å². The van der Waals surface area contributed by atoms with Crippen molar-refractivity contribution in [3.05, 3.63) is 8.95 Å². The number of benzene rings is 1. The van der Waals surface area contributed by atoms with E-state index in [-0.39, 0.29) is 15.0 Å². The minimum atomic E-state index is -0.0954. The normalized spacial score (nSPS) is 11.3. The zero-order valence-electron chi connectivity index (χ0n) is 17.8. The van der Waals surface area contributed by atoms with Gasteiger partial charge in [0, 0.05) is 0 Å². The van der Waals surface area contributed by atoms with Crippen molar-refractivity contribution in [1.82, 2.24) is 7.96 Å². The molecular formula is C22H34Br2N2O2Se. The molecule has 4 nitrogen and oxygen atoms in total. The molecule has 0 radical (unpaired) electrons. The molecule has 0 spiro atoms. The second-order valence-electron chi connectivity index (χ2n) is 7.48. The van der Waals surface area contributed by atoms with Gasteiger partial charge in [0.15, 0.2) is 0 Å². The Bertz CT molecular complexity index is 666. The molecule has 2 rings (SSSR count). The van der Waals surface area contributed by atoms with E-state index in [0.29, 0.717) is 13.2 Å². The monoisotopic (exact) mass is 596 g/mol. The summed E-state index contributed by atoms with van der Waals surface area (Å²) in [6.07, 6.45) is 15.0. The van der Waals surface area contributed by atoms with E-state index < -0.39 is 0 Å². The SMILES string of the molecule is CCCCCCCCOc1c(OCCCCCCCC)c(Br)c2n[se]nc2c1Br. The summed E-state index contributed by atoms with van der Waals surface area (Å²) in [6, 6.07) is 0. The van der Waals surface area contributed by atoms with Crippen molar-refractivity contribution in [2.24, 2.45) is 0 Å². The first-order valence-corrected chi connectivity index (χ1v) is 14.2. The van der Waals surface area contributed by atoms with Crippen LogP contribution in [-0.4, -0.2) is 36.1 Å². The van der Waals surface area contributed by atoms with Gasteiger partial charge in [-0.3, -0.25) is 0 Å². The van der Waals surface area contributed by atoms with Crippen molar-refractivity contribution in [1.29, 1.82) is 0 Å². The molecule has 0 aliphatic heterocycles. The van der Waals surface area contributed by atoms with Crippen molar-refractivity contribution in [3.8, 4) is 11.5 Å². The van der Waals surface area contributed by atoms with Gasteiger partial charge in [-0.05, 0) is 0 Å². The average Bonchev–Trinajstić information content (AvgIpc) is 3.22. The van der Waals surface area contributed by atoms with Crippen molar-refractivity contribution in [2.45, 2.75) is 90.9 Å². The molecule has 0 bridgehead atoms. The molecule has 7 heteroatoms. The number of unbranched alkanes of at least 4 members (excludes halogenated alkanes) is 10. The summed E-state index contributed by atoms with van der Waals surface area (Å²) in [6.45, 7) is 5.90. The van der Waals surface area contributed by atoms with Crippen LogP contribution >= 0.6 is 31.9 Å². The standard InChI is InChI=1S/C22H34Br2N2O2Se/c1-3-5-7-9-11-13-15-27-21-17(23)19-20(26-29-25-19)18(24)22(21)28-16-14-12-10-8-6-4-2/h3-16H2,1-2H3. The average molecular weight is 597 g/mol. The number of halogens is 2. The summed E-state index contributed by atoms with van der Waals surface area (Å²) in [5, 5.41) is 0. The van der Waals surface area contributed by atoms with Crippen molar-refractivity contribution >= 4 is 57.9 Å². The molecule has 0 atom stereocenters. The second kappa shape index (κ2) is 14.8. The number of rotatable bonds is 16. The Kier molecular flexibility index (Phi) is 12.9. The van der Waals surface area contributed by atoms with E-state index in [4.69, 9.17) is 9.47 Å². The maximum atomic E-state index is 6.19. The summed E-state index contributed by atoms with van der Waals surface area (Å²) in [5.74, 6) is 1.54. The number of hydrogen-bond acceptors (Lipinski definition) is 4. The Morgan fingerprint density at radius 2 is 1.00 bits per heavy atom. The molecule has 0 N–H and O–H groups in total. The molecule has 0 saturated heterocycles. The van der Waals surface area contributed by atoms with Gasteiger partial charge in [0.2, 0.25) is 0 Å². The first-order chi connectivity index (χ1) is 14.2. The molecule has 0 saturated carbocycles. The molecule has 0 unspecified atom stereocenters. The molecule has 0 amide bonds. The van der Waals surface area contributed by atoms with Crippen LogP contribution in [0.3, 0.4) is 0 Å². The molecule has 164 valence electrons. The molecule has 0 aliphatic rings. The van der Waals surface area contributed by atoms with Gasteiger partial charge in [0.25, 0.3) is 0 Å². The van der Waals surface area contributed by atoms with Crippen LogP contribution in [0.5, 0.6) is 11.5 Å². The Morgan fingerprint density at radius 1 is 0.621 bits per heavy atom. The van der Waals surface area contributed by atoms with Crippen LogP contribution in [0.4, 0.5) is 0 Å². The second-order valence-corrected chi connectivity index (χ2v) is 10.2. The van der Waals surface area contributed by atoms with Gasteiger partial charge < -0.3 is 0 Å². The third kappa shape index (κ3) is 8.16. The van der Waals surface area contributed by atoms with E-state index in [1.807, 2.05) is 0 Å². The molecule has 1 aromatic carbocycles. The summed E-state index contributed by atoms with van der Waals surface area (Å²) in [4.78, 5) is 0. The predicted molar refractivity (Wildman–Crippen MR) is 130 cm³/mol. The molecule has 0 fully saturated rings. The topological polar surface area (TPSA) is 44.2 Å². The van der Waals surface area contributed by atoms with Gasteiger partial charge in [0.1, 0.15) is 0 Å². The number of hydrogen-bond donors (Lipinski definition) is 0. The predicted octanol–water partition coefficient (Wildman–Crippen LogP) is 7.69. The summed E-state index contributed by atoms with van der Waals surface area (Å²) in [7, 11) is 0. The number of aromatic nitrogens is 2. The van der Waals surface area contributed by atoms with Crippen molar-refractivity contribution in [2.75, 3.05) is 13.2 Å². The fraction of sp³-hybridized carbons (Fsp3) is 0.727. The zero-order chi connectivity index (χ0) is 20.9. The summed E-state index contributed by atoms with van der Waals surface area (Å²) in [5.41, 5.74) is 1.78. The third-order valence-electron chi connectivity index (χ3n) is 5.00. The Morgan fingerprint density at radius 3 is 1.41 bits per heavy atom. The van der Waals surface area contributed by atoms with Crippen LogP contribution in [0.1, 0.15) is 90.9 Å². The third-order valence-corrected chi connectivity index (χ3v) is 7.58. The quantitative estimate of drug-likeness (QED) is 0.147. The molecule has 0 aliphatic carbocycles. The van der Waals surface area contributed by atoms with Crippen LogP contribution in [0, 0.1) is 0 Å². The van der Waals surface area contributed by atoms with Crippen LogP contribution < -0.4 is 9.47 Å². The van der Waals surface area contributed by atoms with Gasteiger partial charge in [-0.1, -0.05) is 13.8 Å². The van der Waals surface area contributed by atoms with Gasteiger partial charge in [-0.2, -0.15) is 0 Å². The van der Waals surface area contributed by atoms with E-state index in [2.05, 4.69) is 53.7 Å². The Balaban J connectivity index is 1.95. The van der Waals surface area contributed by atoms with Gasteiger partial charge >= 0.3 is 186 Å². The van der Waals surface area contributed by atoms with Gasteiger partial charge in [-0.25, -0.2) is 0 Å². The van der Waals surface area contributed by atoms with Crippen LogP contribution in [0.15, 0.2) is 8.95 Å². The van der Waals surface area contributed by atoms with Crippen LogP contribution in [-0.2, 0) is 0 Å². The van der Waals surface area contributed by atoms with Crippen LogP contribution in [0.25, 0.3) is 11.0 Å². The van der Waals surface area contributed by atoms with E-state index >= 15 is 0 Å². The molecule has 2 aromatic rings.